The number of rotatable bonds is 3. The maximum atomic E-state index is 8.86. The number of anilines is 1. The van der Waals surface area contributed by atoms with Crippen LogP contribution in [0.5, 0.6) is 0 Å². The second kappa shape index (κ2) is 5.65. The predicted molar refractivity (Wildman–Crippen MR) is 64.3 cm³/mol. The fraction of sp³-hybridized carbons (Fsp3) is 0.182. The van der Waals surface area contributed by atoms with E-state index in [9.17, 15) is 0 Å². The number of halogens is 2. The summed E-state index contributed by atoms with van der Waals surface area (Å²) in [6, 6.07) is 7.19. The molecule has 0 amide bonds. The summed E-state index contributed by atoms with van der Waals surface area (Å²) in [7, 11) is 0. The first kappa shape index (κ1) is 11.9. The van der Waals surface area contributed by atoms with Crippen molar-refractivity contribution in [2.75, 3.05) is 11.9 Å². The Morgan fingerprint density at radius 3 is 2.93 bits per heavy atom. The van der Waals surface area contributed by atoms with Crippen molar-refractivity contribution in [3.05, 3.63) is 39.9 Å². The minimum atomic E-state index is 0.571. The predicted octanol–water partition coefficient (Wildman–Crippen LogP) is 3.77. The molecule has 1 rings (SSSR count). The van der Waals surface area contributed by atoms with Gasteiger partial charge in [0.2, 0.25) is 0 Å². The molecule has 4 heteroatoms. The number of hydrogen-bond acceptors (Lipinski definition) is 2. The Labute approximate surface area is 99.1 Å². The lowest BCUT2D eigenvalue weighted by Crippen LogP contribution is -2.03. The molecule has 0 saturated heterocycles. The van der Waals surface area contributed by atoms with Crippen LogP contribution >= 0.6 is 23.2 Å². The van der Waals surface area contributed by atoms with Crippen molar-refractivity contribution in [1.29, 1.82) is 5.26 Å². The highest BCUT2D eigenvalue weighted by molar-refractivity contribution is 6.30. The first-order valence-corrected chi connectivity index (χ1v) is 5.18. The molecule has 15 heavy (non-hydrogen) atoms. The number of nitrogens with zero attached hydrogens (tertiary/aromatic N) is 1. The van der Waals surface area contributed by atoms with Gasteiger partial charge in [-0.15, -0.1) is 0 Å². The van der Waals surface area contributed by atoms with Gasteiger partial charge in [0.15, 0.2) is 0 Å². The van der Waals surface area contributed by atoms with E-state index in [4.69, 9.17) is 28.5 Å². The Balaban J connectivity index is 2.84. The van der Waals surface area contributed by atoms with Gasteiger partial charge in [0.25, 0.3) is 0 Å². The lowest BCUT2D eigenvalue weighted by molar-refractivity contribution is 1.21. The number of benzene rings is 1. The summed E-state index contributed by atoms with van der Waals surface area (Å²) < 4.78 is 0. The van der Waals surface area contributed by atoms with Gasteiger partial charge in [-0.2, -0.15) is 5.26 Å². The first-order valence-electron chi connectivity index (χ1n) is 4.36. The van der Waals surface area contributed by atoms with E-state index in [1.54, 1.807) is 18.2 Å². The third-order valence-corrected chi connectivity index (χ3v) is 2.45. The second-order valence-corrected chi connectivity index (χ2v) is 3.77. The van der Waals surface area contributed by atoms with Crippen LogP contribution in [0.2, 0.25) is 5.02 Å². The van der Waals surface area contributed by atoms with Crippen LogP contribution in [0.15, 0.2) is 29.3 Å². The zero-order valence-electron chi connectivity index (χ0n) is 8.22. The van der Waals surface area contributed by atoms with E-state index in [2.05, 4.69) is 11.4 Å². The molecule has 78 valence electrons. The average Bonchev–Trinajstić information content (AvgIpc) is 2.26. The largest absolute Gasteiger partial charge is 0.380 e. The summed E-state index contributed by atoms with van der Waals surface area (Å²) in [6.45, 7) is 2.50. The molecule has 1 N–H and O–H groups in total. The van der Waals surface area contributed by atoms with Gasteiger partial charge in [0, 0.05) is 17.1 Å². The molecule has 0 unspecified atom stereocenters. The Kier molecular flexibility index (Phi) is 4.48. The Morgan fingerprint density at radius 2 is 2.33 bits per heavy atom. The second-order valence-electron chi connectivity index (χ2n) is 3.11. The van der Waals surface area contributed by atoms with E-state index in [1.165, 1.54) is 5.54 Å². The highest BCUT2D eigenvalue weighted by atomic mass is 35.5. The quantitative estimate of drug-likeness (QED) is 0.874. The fourth-order valence-electron chi connectivity index (χ4n) is 1.03. The van der Waals surface area contributed by atoms with Gasteiger partial charge in [-0.25, -0.2) is 0 Å². The van der Waals surface area contributed by atoms with Gasteiger partial charge < -0.3 is 5.32 Å². The molecule has 0 fully saturated rings. The van der Waals surface area contributed by atoms with Crippen LogP contribution < -0.4 is 5.32 Å². The highest BCUT2D eigenvalue weighted by Gasteiger charge is 2.01. The van der Waals surface area contributed by atoms with Gasteiger partial charge in [-0.05, 0) is 30.7 Å². The highest BCUT2D eigenvalue weighted by Crippen LogP contribution is 2.20. The van der Waals surface area contributed by atoms with Crippen LogP contribution in [0.1, 0.15) is 12.5 Å². The van der Waals surface area contributed by atoms with E-state index < -0.39 is 0 Å². The van der Waals surface area contributed by atoms with Gasteiger partial charge in [-0.3, -0.25) is 0 Å². The maximum absolute atomic E-state index is 8.86. The van der Waals surface area contributed by atoms with Gasteiger partial charge >= 0.3 is 0 Å². The molecule has 0 radical (unpaired) electrons. The number of nitriles is 1. The number of nitrogens with one attached hydrogen (secondary N) is 1. The van der Waals surface area contributed by atoms with Crippen LogP contribution in [-0.2, 0) is 0 Å². The van der Waals surface area contributed by atoms with E-state index in [1.807, 2.05) is 6.92 Å². The molecule has 0 atom stereocenters. The Morgan fingerprint density at radius 1 is 1.60 bits per heavy atom. The van der Waals surface area contributed by atoms with Crippen LogP contribution in [0.3, 0.4) is 0 Å². The maximum Gasteiger partial charge on any atom is 0.101 e. The zero-order valence-corrected chi connectivity index (χ0v) is 9.73. The SMILES string of the molecule is C/C(=C/Cl)CNc1cc(Cl)ccc1C#N. The monoisotopic (exact) mass is 240 g/mol. The van der Waals surface area contributed by atoms with Crippen molar-refractivity contribution in [3.63, 3.8) is 0 Å². The number of hydrogen-bond donors (Lipinski definition) is 1. The lowest BCUT2D eigenvalue weighted by atomic mass is 10.2. The van der Waals surface area contributed by atoms with Crippen LogP contribution in [0.4, 0.5) is 5.69 Å². The van der Waals surface area contributed by atoms with Crippen molar-refractivity contribution in [2.24, 2.45) is 0 Å². The van der Waals surface area contributed by atoms with Gasteiger partial charge in [-0.1, -0.05) is 23.2 Å². The molecule has 0 aliphatic heterocycles. The van der Waals surface area contributed by atoms with Crippen molar-refractivity contribution in [3.8, 4) is 6.07 Å². The molecule has 0 aliphatic rings. The van der Waals surface area contributed by atoms with E-state index in [-0.39, 0.29) is 0 Å². The molecule has 0 saturated carbocycles. The average molecular weight is 241 g/mol. The summed E-state index contributed by atoms with van der Waals surface area (Å²) in [5.74, 6) is 0. The van der Waals surface area contributed by atoms with Crippen LogP contribution in [-0.4, -0.2) is 6.54 Å². The smallest absolute Gasteiger partial charge is 0.101 e. The topological polar surface area (TPSA) is 35.8 Å². The lowest BCUT2D eigenvalue weighted by Gasteiger charge is -2.08. The van der Waals surface area contributed by atoms with Gasteiger partial charge in [0.1, 0.15) is 6.07 Å². The Hall–Kier alpha value is -1.17. The Bertz CT molecular complexity index is 419. The van der Waals surface area contributed by atoms with E-state index >= 15 is 0 Å². The minimum Gasteiger partial charge on any atom is -0.380 e. The molecule has 0 bridgehead atoms. The standard InChI is InChI=1S/C11H10Cl2N2/c1-8(5-12)7-15-11-4-10(13)3-2-9(11)6-14/h2-5,15H,7H2,1H3/b8-5-. The normalized spacial score (nSPS) is 10.9. The summed E-state index contributed by atoms with van der Waals surface area (Å²) in [5.41, 5.74) is 3.79. The summed E-state index contributed by atoms with van der Waals surface area (Å²) in [5, 5.41) is 12.6. The van der Waals surface area contributed by atoms with Crippen molar-refractivity contribution < 1.29 is 0 Å². The molecule has 0 spiro atoms. The minimum absolute atomic E-state index is 0.571. The van der Waals surface area contributed by atoms with Crippen molar-refractivity contribution in [1.82, 2.24) is 0 Å². The van der Waals surface area contributed by atoms with Crippen LogP contribution in [0.25, 0.3) is 0 Å². The van der Waals surface area contributed by atoms with Crippen molar-refractivity contribution in [2.45, 2.75) is 6.92 Å². The molecule has 2 nitrogen and oxygen atoms in total. The molecular formula is C11H10Cl2N2. The zero-order chi connectivity index (χ0) is 11.3. The molecule has 0 heterocycles. The van der Waals surface area contributed by atoms with Crippen LogP contribution in [0, 0.1) is 11.3 Å². The fourth-order valence-corrected chi connectivity index (χ4v) is 1.28. The summed E-state index contributed by atoms with van der Waals surface area (Å²) >= 11 is 11.4. The van der Waals surface area contributed by atoms with E-state index in [0.29, 0.717) is 17.1 Å². The summed E-state index contributed by atoms with van der Waals surface area (Å²) in [6.07, 6.45) is 0. The molecule has 0 aliphatic carbocycles. The molecule has 1 aromatic rings. The third-order valence-electron chi connectivity index (χ3n) is 1.85. The first-order chi connectivity index (χ1) is 7.17. The third kappa shape index (κ3) is 3.47. The van der Waals surface area contributed by atoms with Crippen molar-refractivity contribution >= 4 is 28.9 Å². The molecule has 0 aromatic heterocycles. The molecular weight excluding hydrogens is 231 g/mol. The summed E-state index contributed by atoms with van der Waals surface area (Å²) in [4.78, 5) is 0. The molecule has 1 aromatic carbocycles. The van der Waals surface area contributed by atoms with Gasteiger partial charge in [0.05, 0.1) is 11.3 Å². The van der Waals surface area contributed by atoms with E-state index in [0.717, 1.165) is 11.3 Å².